The van der Waals surface area contributed by atoms with E-state index in [9.17, 15) is 5.11 Å². The lowest BCUT2D eigenvalue weighted by Crippen LogP contribution is -2.50. The van der Waals surface area contributed by atoms with Gasteiger partial charge in [-0.15, -0.1) is 0 Å². The van der Waals surface area contributed by atoms with E-state index in [0.29, 0.717) is 6.04 Å². The molecule has 0 bridgehead atoms. The summed E-state index contributed by atoms with van der Waals surface area (Å²) in [5.74, 6) is 0. The number of nitrogens with zero attached hydrogens (tertiary/aromatic N) is 2. The van der Waals surface area contributed by atoms with Gasteiger partial charge in [0.2, 0.25) is 0 Å². The molecule has 3 nitrogen and oxygen atoms in total. The summed E-state index contributed by atoms with van der Waals surface area (Å²) >= 11 is 0. The van der Waals surface area contributed by atoms with Gasteiger partial charge in [0.05, 0.1) is 6.10 Å². The van der Waals surface area contributed by atoms with Crippen molar-refractivity contribution in [3.8, 4) is 0 Å². The van der Waals surface area contributed by atoms with Crippen LogP contribution >= 0.6 is 0 Å². The molecular weight excluding hydrogens is 236 g/mol. The van der Waals surface area contributed by atoms with Gasteiger partial charge in [0, 0.05) is 32.2 Å². The highest BCUT2D eigenvalue weighted by atomic mass is 16.3. The first-order chi connectivity index (χ1) is 9.10. The van der Waals surface area contributed by atoms with Crippen LogP contribution in [0.4, 0.5) is 0 Å². The standard InChI is InChI=1S/C16H26N2O/c1-4-14-5-7-15(8-6-14)16(19)12-18-10-9-17(3)13(2)11-18/h5-8,13,16,19H,4,9-12H2,1-3H3. The van der Waals surface area contributed by atoms with Crippen LogP contribution < -0.4 is 0 Å². The molecule has 1 fully saturated rings. The smallest absolute Gasteiger partial charge is 0.0916 e. The fraction of sp³-hybridized carbons (Fsp3) is 0.625. The number of β-amino-alcohol motifs (C(OH)–C–C–N with tert-alkyl or cyclic N) is 1. The SMILES string of the molecule is CCc1ccc(C(O)CN2CCN(C)C(C)C2)cc1. The van der Waals surface area contributed by atoms with Crippen LogP contribution in [0.1, 0.15) is 31.1 Å². The third-order valence-electron chi connectivity index (χ3n) is 4.25. The second kappa shape index (κ2) is 6.51. The first kappa shape index (κ1) is 14.5. The fourth-order valence-electron chi connectivity index (χ4n) is 2.62. The molecule has 0 aromatic heterocycles. The molecule has 1 aromatic carbocycles. The van der Waals surface area contributed by atoms with E-state index in [2.05, 4.69) is 55.0 Å². The van der Waals surface area contributed by atoms with Crippen molar-refractivity contribution in [3.05, 3.63) is 35.4 Å². The van der Waals surface area contributed by atoms with Crippen LogP contribution in [-0.4, -0.2) is 54.2 Å². The van der Waals surface area contributed by atoms with Gasteiger partial charge in [0.25, 0.3) is 0 Å². The maximum Gasteiger partial charge on any atom is 0.0916 e. The predicted molar refractivity (Wildman–Crippen MR) is 79.3 cm³/mol. The van der Waals surface area contributed by atoms with Crippen LogP contribution in [0.25, 0.3) is 0 Å². The third-order valence-corrected chi connectivity index (χ3v) is 4.25. The summed E-state index contributed by atoms with van der Waals surface area (Å²) in [7, 11) is 2.17. The minimum absolute atomic E-state index is 0.374. The average Bonchev–Trinajstić information content (AvgIpc) is 2.43. The lowest BCUT2D eigenvalue weighted by atomic mass is 10.0. The Kier molecular flexibility index (Phi) is 4.97. The molecule has 0 radical (unpaired) electrons. The zero-order chi connectivity index (χ0) is 13.8. The van der Waals surface area contributed by atoms with Gasteiger partial charge in [0.15, 0.2) is 0 Å². The second-order valence-corrected chi connectivity index (χ2v) is 5.70. The maximum atomic E-state index is 10.3. The summed E-state index contributed by atoms with van der Waals surface area (Å²) in [5, 5.41) is 10.3. The molecule has 0 spiro atoms. The minimum Gasteiger partial charge on any atom is -0.387 e. The molecule has 3 heteroatoms. The van der Waals surface area contributed by atoms with E-state index in [1.807, 2.05) is 0 Å². The lowest BCUT2D eigenvalue weighted by molar-refractivity contribution is 0.0568. The molecule has 2 unspecified atom stereocenters. The molecule has 0 aliphatic carbocycles. The van der Waals surface area contributed by atoms with Crippen molar-refractivity contribution in [2.45, 2.75) is 32.4 Å². The Morgan fingerprint density at radius 2 is 1.95 bits per heavy atom. The maximum absolute atomic E-state index is 10.3. The van der Waals surface area contributed by atoms with Crippen molar-refractivity contribution in [1.82, 2.24) is 9.80 Å². The van der Waals surface area contributed by atoms with E-state index in [4.69, 9.17) is 0 Å². The molecule has 1 aliphatic heterocycles. The number of hydrogen-bond donors (Lipinski definition) is 1. The molecule has 1 N–H and O–H groups in total. The molecule has 19 heavy (non-hydrogen) atoms. The number of piperazine rings is 1. The highest BCUT2D eigenvalue weighted by Gasteiger charge is 2.22. The molecule has 2 rings (SSSR count). The van der Waals surface area contributed by atoms with E-state index in [1.165, 1.54) is 5.56 Å². The molecule has 106 valence electrons. The number of aliphatic hydroxyl groups is 1. The van der Waals surface area contributed by atoms with Crippen molar-refractivity contribution in [3.63, 3.8) is 0 Å². The van der Waals surface area contributed by atoms with Gasteiger partial charge in [-0.25, -0.2) is 0 Å². The first-order valence-electron chi connectivity index (χ1n) is 7.29. The highest BCUT2D eigenvalue weighted by Crippen LogP contribution is 2.17. The van der Waals surface area contributed by atoms with E-state index in [1.54, 1.807) is 0 Å². The summed E-state index contributed by atoms with van der Waals surface area (Å²) < 4.78 is 0. The molecule has 1 aromatic rings. The van der Waals surface area contributed by atoms with Crippen molar-refractivity contribution < 1.29 is 5.11 Å². The quantitative estimate of drug-likeness (QED) is 0.898. The number of rotatable bonds is 4. The Balaban J connectivity index is 1.91. The number of aryl methyl sites for hydroxylation is 1. The Bertz CT molecular complexity index is 390. The van der Waals surface area contributed by atoms with Gasteiger partial charge in [-0.3, -0.25) is 4.90 Å². The Morgan fingerprint density at radius 3 is 2.53 bits per heavy atom. The van der Waals surface area contributed by atoms with Gasteiger partial charge in [-0.05, 0) is 31.5 Å². The van der Waals surface area contributed by atoms with E-state index >= 15 is 0 Å². The average molecular weight is 262 g/mol. The number of aliphatic hydroxyl groups excluding tert-OH is 1. The van der Waals surface area contributed by atoms with Crippen LogP contribution in [0.2, 0.25) is 0 Å². The van der Waals surface area contributed by atoms with Gasteiger partial charge in [-0.1, -0.05) is 31.2 Å². The molecule has 1 saturated heterocycles. The normalized spacial score (nSPS) is 23.5. The van der Waals surface area contributed by atoms with Crippen LogP contribution in [0.5, 0.6) is 0 Å². The van der Waals surface area contributed by atoms with Gasteiger partial charge >= 0.3 is 0 Å². The Morgan fingerprint density at radius 1 is 1.26 bits per heavy atom. The second-order valence-electron chi connectivity index (χ2n) is 5.70. The van der Waals surface area contributed by atoms with Crippen molar-refractivity contribution in [1.29, 1.82) is 0 Å². The zero-order valence-electron chi connectivity index (χ0n) is 12.3. The van der Waals surface area contributed by atoms with Crippen molar-refractivity contribution in [2.24, 2.45) is 0 Å². The van der Waals surface area contributed by atoms with Gasteiger partial charge in [0.1, 0.15) is 0 Å². The largest absolute Gasteiger partial charge is 0.387 e. The van der Waals surface area contributed by atoms with Crippen LogP contribution in [0.3, 0.4) is 0 Å². The Hall–Kier alpha value is -0.900. The topological polar surface area (TPSA) is 26.7 Å². The van der Waals surface area contributed by atoms with Crippen LogP contribution in [-0.2, 0) is 6.42 Å². The minimum atomic E-state index is -0.374. The zero-order valence-corrected chi connectivity index (χ0v) is 12.3. The molecule has 1 aliphatic rings. The number of hydrogen-bond acceptors (Lipinski definition) is 3. The molecule has 1 heterocycles. The predicted octanol–water partition coefficient (Wildman–Crippen LogP) is 1.92. The molecule has 0 saturated carbocycles. The van der Waals surface area contributed by atoms with Crippen LogP contribution in [0, 0.1) is 0 Å². The monoisotopic (exact) mass is 262 g/mol. The summed E-state index contributed by atoms with van der Waals surface area (Å²) in [4.78, 5) is 4.74. The van der Waals surface area contributed by atoms with Gasteiger partial charge < -0.3 is 10.0 Å². The van der Waals surface area contributed by atoms with Crippen LogP contribution in [0.15, 0.2) is 24.3 Å². The summed E-state index contributed by atoms with van der Waals surface area (Å²) in [6.07, 6.45) is 0.674. The molecular formula is C16H26N2O. The van der Waals surface area contributed by atoms with Gasteiger partial charge in [-0.2, -0.15) is 0 Å². The van der Waals surface area contributed by atoms with Crippen molar-refractivity contribution >= 4 is 0 Å². The van der Waals surface area contributed by atoms with E-state index in [-0.39, 0.29) is 6.10 Å². The number of likely N-dealkylation sites (N-methyl/N-ethyl adjacent to an activating group) is 1. The van der Waals surface area contributed by atoms with E-state index in [0.717, 1.165) is 38.2 Å². The molecule has 0 amide bonds. The van der Waals surface area contributed by atoms with E-state index < -0.39 is 0 Å². The number of benzene rings is 1. The Labute approximate surface area is 116 Å². The first-order valence-corrected chi connectivity index (χ1v) is 7.29. The fourth-order valence-corrected chi connectivity index (χ4v) is 2.62. The van der Waals surface area contributed by atoms with Crippen molar-refractivity contribution in [2.75, 3.05) is 33.2 Å². The summed E-state index contributed by atoms with van der Waals surface area (Å²) in [6.45, 7) is 8.31. The summed E-state index contributed by atoms with van der Waals surface area (Å²) in [5.41, 5.74) is 2.35. The lowest BCUT2D eigenvalue weighted by Gasteiger charge is -2.38. The third kappa shape index (κ3) is 3.78. The highest BCUT2D eigenvalue weighted by molar-refractivity contribution is 5.24. The molecule has 2 atom stereocenters. The summed E-state index contributed by atoms with van der Waals surface area (Å²) in [6, 6.07) is 8.92.